The van der Waals surface area contributed by atoms with Crippen LogP contribution in [0.25, 0.3) is 55.0 Å². The van der Waals surface area contributed by atoms with E-state index in [0.717, 1.165) is 50.1 Å². The molecule has 1 aliphatic rings. The van der Waals surface area contributed by atoms with Gasteiger partial charge in [0.25, 0.3) is 0 Å². The van der Waals surface area contributed by atoms with E-state index >= 15 is 0 Å². The summed E-state index contributed by atoms with van der Waals surface area (Å²) in [6.45, 7) is 8.86. The molecule has 8 aromatic carbocycles. The molecule has 9 aromatic rings. The first-order valence-electron chi connectivity index (χ1n) is 19.9. The van der Waals surface area contributed by atoms with Gasteiger partial charge in [0.2, 0.25) is 0 Å². The van der Waals surface area contributed by atoms with Crippen LogP contribution in [0.15, 0.2) is 198 Å². The second kappa shape index (κ2) is 13.7. The molecule has 2 nitrogen and oxygen atoms in total. The van der Waals surface area contributed by atoms with E-state index in [0.29, 0.717) is 0 Å². The molecule has 0 saturated heterocycles. The lowest BCUT2D eigenvalue weighted by atomic mass is 9.67. The fourth-order valence-corrected chi connectivity index (χ4v) is 9.40. The highest BCUT2D eigenvalue weighted by Gasteiger charge is 2.46. The molecule has 0 spiro atoms. The van der Waals surface area contributed by atoms with Gasteiger partial charge in [-0.25, -0.2) is 0 Å². The minimum absolute atomic E-state index is 0.482. The van der Waals surface area contributed by atoms with Gasteiger partial charge in [-0.15, -0.1) is 0 Å². The summed E-state index contributed by atoms with van der Waals surface area (Å²) in [4.78, 5) is 2.48. The second-order valence-corrected chi connectivity index (χ2v) is 15.3. The smallest absolute Gasteiger partial charge is 0.135 e. The third kappa shape index (κ3) is 5.39. The van der Waals surface area contributed by atoms with E-state index in [9.17, 15) is 0 Å². The molecule has 57 heavy (non-hydrogen) atoms. The Morgan fingerprint density at radius 1 is 0.544 bits per heavy atom. The van der Waals surface area contributed by atoms with Gasteiger partial charge in [-0.1, -0.05) is 145 Å². The number of fused-ring (bicyclic) bond motifs is 7. The van der Waals surface area contributed by atoms with Crippen LogP contribution in [0, 0.1) is 13.8 Å². The molecule has 0 saturated carbocycles. The monoisotopic (exact) mass is 733 g/mol. The molecule has 1 atom stereocenters. The molecule has 10 rings (SSSR count). The van der Waals surface area contributed by atoms with E-state index < -0.39 is 5.41 Å². The van der Waals surface area contributed by atoms with Crippen molar-refractivity contribution in [3.8, 4) is 22.3 Å². The Morgan fingerprint density at radius 3 is 2.07 bits per heavy atom. The van der Waals surface area contributed by atoms with Crippen molar-refractivity contribution < 1.29 is 4.42 Å². The van der Waals surface area contributed by atoms with E-state index in [1.54, 1.807) is 0 Å². The predicted octanol–water partition coefficient (Wildman–Crippen LogP) is 15.3. The first-order valence-corrected chi connectivity index (χ1v) is 19.9. The molecule has 1 aliphatic carbocycles. The summed E-state index contributed by atoms with van der Waals surface area (Å²) in [5, 5.41) is 4.75. The molecular weight excluding hydrogens is 691 g/mol. The van der Waals surface area contributed by atoms with Crippen molar-refractivity contribution in [2.45, 2.75) is 33.1 Å². The van der Waals surface area contributed by atoms with Gasteiger partial charge in [-0.3, -0.25) is 0 Å². The molecule has 0 amide bonds. The van der Waals surface area contributed by atoms with Crippen molar-refractivity contribution in [2.24, 2.45) is 0 Å². The molecule has 1 aromatic heterocycles. The maximum atomic E-state index is 6.21. The zero-order valence-corrected chi connectivity index (χ0v) is 32.8. The van der Waals surface area contributed by atoms with Gasteiger partial charge in [-0.2, -0.15) is 0 Å². The summed E-state index contributed by atoms with van der Waals surface area (Å²) >= 11 is 0. The summed E-state index contributed by atoms with van der Waals surface area (Å²) in [7, 11) is 0. The lowest BCUT2D eigenvalue weighted by Crippen LogP contribution is -2.28. The highest BCUT2D eigenvalue weighted by atomic mass is 16.3. The molecule has 0 bridgehead atoms. The Labute approximate surface area is 334 Å². The Bertz CT molecular complexity index is 3070. The third-order valence-corrected chi connectivity index (χ3v) is 12.2. The van der Waals surface area contributed by atoms with Crippen molar-refractivity contribution in [2.75, 3.05) is 4.90 Å². The molecule has 0 fully saturated rings. The van der Waals surface area contributed by atoms with Crippen LogP contribution in [0.1, 0.15) is 41.7 Å². The number of aryl methyl sites for hydroxylation is 2. The van der Waals surface area contributed by atoms with Crippen molar-refractivity contribution in [1.29, 1.82) is 0 Å². The van der Waals surface area contributed by atoms with Gasteiger partial charge >= 0.3 is 0 Å². The van der Waals surface area contributed by atoms with Gasteiger partial charge in [0.15, 0.2) is 0 Å². The standard InChI is InChI=1S/C55H43NO/c1-5-6-17-37(3)55(41-19-8-7-9-20-41)50-26-14-12-23-45(50)46-30-29-43(35-51(46)55)56(52-32-36(2)38(4)44-22-10-11-24-47(44)52)42-21-16-18-39(33-42)40-28-31-54-49(34-40)48-25-13-15-27-53(48)57-54/h5-35H,1-4H3/b6-5-,37-17+. The van der Waals surface area contributed by atoms with Crippen LogP contribution in [0.5, 0.6) is 0 Å². The quantitative estimate of drug-likeness (QED) is 0.152. The topological polar surface area (TPSA) is 16.4 Å². The number of anilines is 3. The third-order valence-electron chi connectivity index (χ3n) is 12.2. The minimum Gasteiger partial charge on any atom is -0.456 e. The zero-order chi connectivity index (χ0) is 38.7. The Balaban J connectivity index is 1.24. The molecule has 0 aliphatic heterocycles. The highest BCUT2D eigenvalue weighted by Crippen LogP contribution is 2.57. The summed E-state index contributed by atoms with van der Waals surface area (Å²) in [6, 6.07) is 62.3. The van der Waals surface area contributed by atoms with Gasteiger partial charge in [0.05, 0.1) is 11.1 Å². The first-order chi connectivity index (χ1) is 28.0. The number of nitrogens with zero attached hydrogens (tertiary/aromatic N) is 1. The van der Waals surface area contributed by atoms with Gasteiger partial charge in [0.1, 0.15) is 11.2 Å². The van der Waals surface area contributed by atoms with Crippen molar-refractivity contribution in [3.05, 3.63) is 221 Å². The number of furan rings is 1. The molecule has 1 heterocycles. The number of benzene rings is 8. The first kappa shape index (κ1) is 34.6. The van der Waals surface area contributed by atoms with Crippen LogP contribution in [0.3, 0.4) is 0 Å². The fourth-order valence-electron chi connectivity index (χ4n) is 9.40. The SMILES string of the molecule is C/C=C\C=C(/C)C1(c2ccccc2)c2ccccc2-c2ccc(N(c3cccc(-c4ccc5oc6ccccc6c5c4)c3)c3cc(C)c(C)c4ccccc34)cc21. The molecule has 0 radical (unpaired) electrons. The number of hydrogen-bond acceptors (Lipinski definition) is 2. The average molecular weight is 734 g/mol. The van der Waals surface area contributed by atoms with Gasteiger partial charge in [0, 0.05) is 27.5 Å². The van der Waals surface area contributed by atoms with E-state index in [1.807, 2.05) is 12.1 Å². The van der Waals surface area contributed by atoms with E-state index in [2.05, 4.69) is 209 Å². The highest BCUT2D eigenvalue weighted by molar-refractivity contribution is 6.07. The van der Waals surface area contributed by atoms with Crippen molar-refractivity contribution >= 4 is 49.8 Å². The summed E-state index contributed by atoms with van der Waals surface area (Å²) in [5.74, 6) is 0. The molecule has 0 N–H and O–H groups in total. The van der Waals surface area contributed by atoms with Gasteiger partial charge in [-0.05, 0) is 132 Å². The molecular formula is C55H43NO. The molecule has 274 valence electrons. The Kier molecular flexibility index (Phi) is 8.30. The Morgan fingerprint density at radius 2 is 1.23 bits per heavy atom. The van der Waals surface area contributed by atoms with Crippen LogP contribution >= 0.6 is 0 Å². The molecule has 2 heteroatoms. The zero-order valence-electron chi connectivity index (χ0n) is 32.8. The summed E-state index contributed by atoms with van der Waals surface area (Å²) in [6.07, 6.45) is 6.59. The fraction of sp³-hybridized carbons (Fsp3) is 0.0909. The minimum atomic E-state index is -0.482. The lowest BCUT2D eigenvalue weighted by molar-refractivity contribution is 0.669. The maximum Gasteiger partial charge on any atom is 0.135 e. The summed E-state index contributed by atoms with van der Waals surface area (Å²) in [5.41, 5.74) is 17.3. The number of allylic oxidation sites excluding steroid dienone is 4. The van der Waals surface area contributed by atoms with Crippen LogP contribution in [0.4, 0.5) is 17.1 Å². The predicted molar refractivity (Wildman–Crippen MR) is 241 cm³/mol. The Hall–Kier alpha value is -6.90. The number of para-hydroxylation sites is 1. The lowest BCUT2D eigenvalue weighted by Gasteiger charge is -2.35. The molecule has 1 unspecified atom stereocenters. The van der Waals surface area contributed by atoms with E-state index in [1.165, 1.54) is 55.3 Å². The van der Waals surface area contributed by atoms with Crippen molar-refractivity contribution in [3.63, 3.8) is 0 Å². The van der Waals surface area contributed by atoms with E-state index in [4.69, 9.17) is 4.42 Å². The van der Waals surface area contributed by atoms with E-state index in [-0.39, 0.29) is 0 Å². The maximum absolute atomic E-state index is 6.21. The number of rotatable bonds is 7. The summed E-state index contributed by atoms with van der Waals surface area (Å²) < 4.78 is 6.21. The average Bonchev–Trinajstić information content (AvgIpc) is 3.78. The largest absolute Gasteiger partial charge is 0.456 e. The van der Waals surface area contributed by atoms with Gasteiger partial charge < -0.3 is 9.32 Å². The normalized spacial score (nSPS) is 15.1. The van der Waals surface area contributed by atoms with Crippen LogP contribution in [0.2, 0.25) is 0 Å². The van der Waals surface area contributed by atoms with Crippen LogP contribution in [-0.4, -0.2) is 0 Å². The number of hydrogen-bond donors (Lipinski definition) is 0. The van der Waals surface area contributed by atoms with Crippen LogP contribution < -0.4 is 4.90 Å². The van der Waals surface area contributed by atoms with Crippen molar-refractivity contribution in [1.82, 2.24) is 0 Å². The second-order valence-electron chi connectivity index (χ2n) is 15.3. The van der Waals surface area contributed by atoms with Crippen LogP contribution in [-0.2, 0) is 5.41 Å².